The van der Waals surface area contributed by atoms with Gasteiger partial charge in [0, 0.05) is 19.5 Å². The van der Waals surface area contributed by atoms with E-state index in [1.807, 2.05) is 13.8 Å². The second-order valence-corrected chi connectivity index (χ2v) is 6.02. The molecule has 6 heteroatoms. The van der Waals surface area contributed by atoms with Crippen molar-refractivity contribution in [2.24, 2.45) is 0 Å². The first-order valence-corrected chi connectivity index (χ1v) is 8.11. The van der Waals surface area contributed by atoms with Crippen molar-refractivity contribution in [1.29, 1.82) is 0 Å². The Morgan fingerprint density at radius 2 is 2.00 bits per heavy atom. The number of aryl methyl sites for hydroxylation is 1. The van der Waals surface area contributed by atoms with Gasteiger partial charge in [-0.05, 0) is 31.2 Å². The van der Waals surface area contributed by atoms with Crippen LogP contribution >= 0.6 is 11.3 Å². The maximum absolute atomic E-state index is 12.9. The number of carbonyl (C=O) groups is 1. The molecular formula is C16H20FN3OS. The van der Waals surface area contributed by atoms with Crippen LogP contribution in [0.2, 0.25) is 0 Å². The molecule has 0 spiro atoms. The minimum Gasteiger partial charge on any atom is -0.350 e. The number of hydrogen-bond donors (Lipinski definition) is 2. The van der Waals surface area contributed by atoms with E-state index in [1.165, 1.54) is 23.5 Å². The van der Waals surface area contributed by atoms with E-state index in [0.29, 0.717) is 17.8 Å². The predicted molar refractivity (Wildman–Crippen MR) is 86.9 cm³/mol. The van der Waals surface area contributed by atoms with Crippen molar-refractivity contribution < 1.29 is 9.18 Å². The standard InChI is InChI=1S/C16H20FN3OS/c1-3-18-8-9-19-16(21)15-11(2)20-14(22-15)10-12-4-6-13(17)7-5-12/h4-7,18H,3,8-10H2,1-2H3,(H,19,21). The van der Waals surface area contributed by atoms with E-state index in [4.69, 9.17) is 0 Å². The molecule has 0 unspecified atom stereocenters. The van der Waals surface area contributed by atoms with E-state index in [1.54, 1.807) is 12.1 Å². The molecule has 2 N–H and O–H groups in total. The molecule has 0 aliphatic heterocycles. The summed E-state index contributed by atoms with van der Waals surface area (Å²) in [5.41, 5.74) is 1.72. The number of hydrogen-bond acceptors (Lipinski definition) is 4. The van der Waals surface area contributed by atoms with Gasteiger partial charge in [0.1, 0.15) is 10.7 Å². The normalized spacial score (nSPS) is 10.7. The van der Waals surface area contributed by atoms with E-state index in [2.05, 4.69) is 15.6 Å². The number of benzene rings is 1. The Kier molecular flexibility index (Phi) is 6.03. The largest absolute Gasteiger partial charge is 0.350 e. The lowest BCUT2D eigenvalue weighted by Crippen LogP contribution is -2.31. The van der Waals surface area contributed by atoms with Crippen LogP contribution < -0.4 is 10.6 Å². The molecule has 0 saturated heterocycles. The first kappa shape index (κ1) is 16.6. The van der Waals surface area contributed by atoms with Crippen LogP contribution in [0.1, 0.15) is 32.9 Å². The van der Waals surface area contributed by atoms with Crippen LogP contribution in [0.3, 0.4) is 0 Å². The summed E-state index contributed by atoms with van der Waals surface area (Å²) in [4.78, 5) is 17.2. The van der Waals surface area contributed by atoms with Gasteiger partial charge in [-0.3, -0.25) is 4.79 Å². The van der Waals surface area contributed by atoms with E-state index >= 15 is 0 Å². The van der Waals surface area contributed by atoms with Crippen LogP contribution in [0.15, 0.2) is 24.3 Å². The van der Waals surface area contributed by atoms with E-state index < -0.39 is 0 Å². The van der Waals surface area contributed by atoms with E-state index in [0.717, 1.165) is 29.4 Å². The molecule has 0 fully saturated rings. The molecule has 0 radical (unpaired) electrons. The third-order valence-corrected chi connectivity index (χ3v) is 4.31. The number of likely N-dealkylation sites (N-methyl/N-ethyl adjacent to an activating group) is 1. The summed E-state index contributed by atoms with van der Waals surface area (Å²) in [6, 6.07) is 6.35. The van der Waals surface area contributed by atoms with Crippen LogP contribution in [0.25, 0.3) is 0 Å². The van der Waals surface area contributed by atoms with Gasteiger partial charge in [0.2, 0.25) is 0 Å². The van der Waals surface area contributed by atoms with Gasteiger partial charge in [0.05, 0.1) is 10.7 Å². The molecule has 22 heavy (non-hydrogen) atoms. The number of aromatic nitrogens is 1. The molecule has 2 aromatic rings. The van der Waals surface area contributed by atoms with Gasteiger partial charge in [-0.2, -0.15) is 0 Å². The van der Waals surface area contributed by atoms with Gasteiger partial charge in [0.25, 0.3) is 5.91 Å². The minimum atomic E-state index is -0.250. The molecule has 118 valence electrons. The lowest BCUT2D eigenvalue weighted by atomic mass is 10.1. The highest BCUT2D eigenvalue weighted by Crippen LogP contribution is 2.21. The summed E-state index contributed by atoms with van der Waals surface area (Å²) in [6.07, 6.45) is 0.608. The number of rotatable bonds is 7. The van der Waals surface area contributed by atoms with Crippen LogP contribution in [0, 0.1) is 12.7 Å². The highest BCUT2D eigenvalue weighted by molar-refractivity contribution is 7.13. The van der Waals surface area contributed by atoms with Crippen LogP contribution in [0.4, 0.5) is 4.39 Å². The molecule has 4 nitrogen and oxygen atoms in total. The van der Waals surface area contributed by atoms with E-state index in [-0.39, 0.29) is 11.7 Å². The zero-order valence-electron chi connectivity index (χ0n) is 12.8. The van der Waals surface area contributed by atoms with Crippen molar-refractivity contribution >= 4 is 17.2 Å². The number of carbonyl (C=O) groups excluding carboxylic acids is 1. The summed E-state index contributed by atoms with van der Waals surface area (Å²) >= 11 is 1.39. The third-order valence-electron chi connectivity index (χ3n) is 3.15. The zero-order chi connectivity index (χ0) is 15.9. The van der Waals surface area contributed by atoms with Gasteiger partial charge in [-0.25, -0.2) is 9.37 Å². The molecule has 0 aliphatic rings. The minimum absolute atomic E-state index is 0.0849. The monoisotopic (exact) mass is 321 g/mol. The molecule has 0 saturated carbocycles. The zero-order valence-corrected chi connectivity index (χ0v) is 13.6. The summed E-state index contributed by atoms with van der Waals surface area (Å²) in [5, 5.41) is 6.90. The maximum Gasteiger partial charge on any atom is 0.263 e. The fourth-order valence-corrected chi connectivity index (χ4v) is 3.05. The number of nitrogens with zero attached hydrogens (tertiary/aromatic N) is 1. The van der Waals surface area contributed by atoms with Crippen molar-refractivity contribution in [1.82, 2.24) is 15.6 Å². The van der Waals surface area contributed by atoms with Crippen molar-refractivity contribution in [2.75, 3.05) is 19.6 Å². The van der Waals surface area contributed by atoms with Crippen LogP contribution in [-0.4, -0.2) is 30.5 Å². The van der Waals surface area contributed by atoms with Crippen LogP contribution in [-0.2, 0) is 6.42 Å². The Labute approximate surface area is 133 Å². The molecule has 0 aliphatic carbocycles. The first-order chi connectivity index (χ1) is 10.6. The highest BCUT2D eigenvalue weighted by atomic mass is 32.1. The second kappa shape index (κ2) is 8.00. The predicted octanol–water partition coefficient (Wildman–Crippen LogP) is 2.52. The molecule has 1 amide bonds. The fourth-order valence-electron chi connectivity index (χ4n) is 2.04. The van der Waals surface area contributed by atoms with Gasteiger partial charge in [-0.1, -0.05) is 19.1 Å². The number of halogens is 1. The molecule has 0 bridgehead atoms. The van der Waals surface area contributed by atoms with E-state index in [9.17, 15) is 9.18 Å². The van der Waals surface area contributed by atoms with Crippen molar-refractivity contribution in [3.63, 3.8) is 0 Å². The molecular weight excluding hydrogens is 301 g/mol. The Morgan fingerprint density at radius 1 is 1.27 bits per heavy atom. The average Bonchev–Trinajstić information content (AvgIpc) is 2.86. The van der Waals surface area contributed by atoms with Gasteiger partial charge < -0.3 is 10.6 Å². The van der Waals surface area contributed by atoms with Crippen molar-refractivity contribution in [2.45, 2.75) is 20.3 Å². The second-order valence-electron chi connectivity index (χ2n) is 4.93. The third kappa shape index (κ3) is 4.61. The Balaban J connectivity index is 1.98. The van der Waals surface area contributed by atoms with Crippen molar-refractivity contribution in [3.8, 4) is 0 Å². The summed E-state index contributed by atoms with van der Waals surface area (Å²) < 4.78 is 12.9. The molecule has 0 atom stereocenters. The van der Waals surface area contributed by atoms with Gasteiger partial charge in [0.15, 0.2) is 0 Å². The topological polar surface area (TPSA) is 54.0 Å². The highest BCUT2D eigenvalue weighted by Gasteiger charge is 2.15. The quantitative estimate of drug-likeness (QED) is 0.771. The van der Waals surface area contributed by atoms with Crippen LogP contribution in [0.5, 0.6) is 0 Å². The number of thiazole rings is 1. The van der Waals surface area contributed by atoms with Gasteiger partial charge >= 0.3 is 0 Å². The molecule has 1 aromatic carbocycles. The Hall–Kier alpha value is -1.79. The first-order valence-electron chi connectivity index (χ1n) is 7.29. The molecule has 1 aromatic heterocycles. The smallest absolute Gasteiger partial charge is 0.263 e. The maximum atomic E-state index is 12.9. The lowest BCUT2D eigenvalue weighted by molar-refractivity contribution is 0.0957. The summed E-state index contributed by atoms with van der Waals surface area (Å²) in [5.74, 6) is -0.335. The van der Waals surface area contributed by atoms with Gasteiger partial charge in [-0.15, -0.1) is 11.3 Å². The summed E-state index contributed by atoms with van der Waals surface area (Å²) in [7, 11) is 0. The Bertz CT molecular complexity index is 625. The lowest BCUT2D eigenvalue weighted by Gasteiger charge is -2.04. The fraction of sp³-hybridized carbons (Fsp3) is 0.375. The average molecular weight is 321 g/mol. The summed E-state index contributed by atoms with van der Waals surface area (Å²) in [6.45, 7) is 6.10. The number of amides is 1. The Morgan fingerprint density at radius 3 is 2.68 bits per heavy atom. The van der Waals surface area contributed by atoms with Crippen molar-refractivity contribution in [3.05, 3.63) is 51.2 Å². The molecule has 2 rings (SSSR count). The number of nitrogens with one attached hydrogen (secondary N) is 2. The SMILES string of the molecule is CCNCCNC(=O)c1sc(Cc2ccc(F)cc2)nc1C. The molecule has 1 heterocycles.